The van der Waals surface area contributed by atoms with Crippen LogP contribution in [0.1, 0.15) is 12.0 Å². The van der Waals surface area contributed by atoms with Crippen LogP contribution in [-0.2, 0) is 13.6 Å². The first-order valence-electron chi connectivity index (χ1n) is 8.44. The van der Waals surface area contributed by atoms with Gasteiger partial charge < -0.3 is 9.88 Å². The molecule has 1 aromatic carbocycles. The zero-order valence-corrected chi connectivity index (χ0v) is 14.3. The third-order valence-corrected chi connectivity index (χ3v) is 4.42. The molecule has 0 saturated carbocycles. The van der Waals surface area contributed by atoms with Gasteiger partial charge in [-0.3, -0.25) is 15.0 Å². The average Bonchev–Trinajstić information content (AvgIpc) is 3.05. The number of urea groups is 1. The van der Waals surface area contributed by atoms with Crippen molar-refractivity contribution in [3.8, 4) is 0 Å². The Morgan fingerprint density at radius 1 is 1.32 bits per heavy atom. The maximum atomic E-state index is 12.0. The normalized spacial score (nSPS) is 17.4. The molecule has 0 unspecified atom stereocenters. The van der Waals surface area contributed by atoms with Crippen LogP contribution in [0.25, 0.3) is 0 Å². The van der Waals surface area contributed by atoms with E-state index in [4.69, 9.17) is 0 Å². The second-order valence-electron chi connectivity index (χ2n) is 6.40. The first-order chi connectivity index (χ1) is 12.1. The van der Waals surface area contributed by atoms with Crippen LogP contribution >= 0.6 is 0 Å². The van der Waals surface area contributed by atoms with Crippen molar-refractivity contribution < 1.29 is 4.79 Å². The summed E-state index contributed by atoms with van der Waals surface area (Å²) >= 11 is 0. The van der Waals surface area contributed by atoms with E-state index in [0.29, 0.717) is 12.5 Å². The molecule has 1 fully saturated rings. The van der Waals surface area contributed by atoms with Gasteiger partial charge >= 0.3 is 6.03 Å². The molecular formula is C18H23N5O2. The summed E-state index contributed by atoms with van der Waals surface area (Å²) in [6.07, 6.45) is 4.08. The van der Waals surface area contributed by atoms with Crippen molar-refractivity contribution >= 4 is 11.8 Å². The smallest absolute Gasteiger partial charge is 0.320 e. The molecule has 2 heterocycles. The van der Waals surface area contributed by atoms with Gasteiger partial charge in [-0.15, -0.1) is 0 Å². The lowest BCUT2D eigenvalue weighted by Crippen LogP contribution is -2.36. The molecule has 132 valence electrons. The van der Waals surface area contributed by atoms with Gasteiger partial charge in [0.05, 0.1) is 0 Å². The Morgan fingerprint density at radius 3 is 2.92 bits per heavy atom. The van der Waals surface area contributed by atoms with Crippen molar-refractivity contribution in [1.82, 2.24) is 19.8 Å². The summed E-state index contributed by atoms with van der Waals surface area (Å²) in [6.45, 7) is 3.52. The number of benzene rings is 1. The highest BCUT2D eigenvalue weighted by molar-refractivity contribution is 5.87. The van der Waals surface area contributed by atoms with Gasteiger partial charge in [0.15, 0.2) is 0 Å². The zero-order valence-electron chi connectivity index (χ0n) is 14.3. The van der Waals surface area contributed by atoms with Crippen LogP contribution in [0.2, 0.25) is 0 Å². The van der Waals surface area contributed by atoms with E-state index in [0.717, 1.165) is 26.1 Å². The number of carbonyl (C=O) groups is 1. The van der Waals surface area contributed by atoms with Crippen molar-refractivity contribution in [3.63, 3.8) is 0 Å². The summed E-state index contributed by atoms with van der Waals surface area (Å²) in [5, 5.41) is 5.36. The van der Waals surface area contributed by atoms with Gasteiger partial charge in [-0.05, 0) is 24.4 Å². The number of aromatic nitrogens is 2. The largest absolute Gasteiger partial charge is 0.337 e. The van der Waals surface area contributed by atoms with Gasteiger partial charge in [0, 0.05) is 39.1 Å². The molecule has 2 aromatic rings. The fourth-order valence-electron chi connectivity index (χ4n) is 3.04. The van der Waals surface area contributed by atoms with Crippen molar-refractivity contribution in [1.29, 1.82) is 0 Å². The second kappa shape index (κ2) is 7.94. The molecule has 2 N–H and O–H groups in total. The van der Waals surface area contributed by atoms with E-state index in [1.54, 1.807) is 13.2 Å². The van der Waals surface area contributed by atoms with Crippen molar-refractivity contribution in [2.45, 2.75) is 13.0 Å². The van der Waals surface area contributed by atoms with Crippen molar-refractivity contribution in [3.05, 3.63) is 58.6 Å². The molecule has 7 nitrogen and oxygen atoms in total. The predicted molar refractivity (Wildman–Crippen MR) is 96.3 cm³/mol. The highest BCUT2D eigenvalue weighted by Crippen LogP contribution is 2.18. The third kappa shape index (κ3) is 4.67. The van der Waals surface area contributed by atoms with Crippen molar-refractivity contribution in [2.75, 3.05) is 25.0 Å². The van der Waals surface area contributed by atoms with E-state index in [2.05, 4.69) is 44.8 Å². The van der Waals surface area contributed by atoms with E-state index in [-0.39, 0.29) is 11.4 Å². The van der Waals surface area contributed by atoms with E-state index >= 15 is 0 Å². The second-order valence-corrected chi connectivity index (χ2v) is 6.40. The summed E-state index contributed by atoms with van der Waals surface area (Å²) in [7, 11) is 1.62. The van der Waals surface area contributed by atoms with Gasteiger partial charge in [0.2, 0.25) is 5.82 Å². The van der Waals surface area contributed by atoms with E-state index < -0.39 is 6.03 Å². The minimum absolute atomic E-state index is 0.0413. The Bertz CT molecular complexity index is 775. The lowest BCUT2D eigenvalue weighted by Gasteiger charge is -2.16. The molecule has 0 radical (unpaired) electrons. The number of nitrogens with one attached hydrogen (secondary N) is 2. The fraction of sp³-hybridized carbons (Fsp3) is 0.389. The third-order valence-electron chi connectivity index (χ3n) is 4.42. The molecule has 1 aliphatic rings. The van der Waals surface area contributed by atoms with Crippen LogP contribution in [0.5, 0.6) is 0 Å². The summed E-state index contributed by atoms with van der Waals surface area (Å²) in [5.41, 5.74) is 0.979. The molecule has 1 aliphatic heterocycles. The molecule has 1 saturated heterocycles. The Morgan fingerprint density at radius 2 is 2.12 bits per heavy atom. The quantitative estimate of drug-likeness (QED) is 0.862. The highest BCUT2D eigenvalue weighted by atomic mass is 16.2. The molecule has 2 amide bonds. The van der Waals surface area contributed by atoms with Crippen LogP contribution in [0.4, 0.5) is 10.6 Å². The number of carbonyl (C=O) groups excluding carboxylic acids is 1. The number of hydrogen-bond donors (Lipinski definition) is 2. The predicted octanol–water partition coefficient (Wildman–Crippen LogP) is 1.42. The standard InChI is InChI=1S/C18H23N5O2/c1-22-10-8-19-16(17(22)24)21-18(25)20-11-15-7-9-23(13-15)12-14-5-3-2-4-6-14/h2-6,8,10,15H,7,9,11-13H2,1H3,(H2,19,20,21,25)/t15-/m1/s1. The van der Waals surface area contributed by atoms with Crippen molar-refractivity contribution in [2.24, 2.45) is 13.0 Å². The van der Waals surface area contributed by atoms with Gasteiger partial charge in [-0.2, -0.15) is 0 Å². The number of amides is 2. The van der Waals surface area contributed by atoms with Crippen LogP contribution < -0.4 is 16.2 Å². The maximum Gasteiger partial charge on any atom is 0.320 e. The van der Waals surface area contributed by atoms with E-state index in [1.165, 1.54) is 16.3 Å². The Kier molecular flexibility index (Phi) is 5.45. The Hall–Kier alpha value is -2.67. The molecule has 25 heavy (non-hydrogen) atoms. The number of rotatable bonds is 5. The van der Waals surface area contributed by atoms with Crippen LogP contribution in [0.15, 0.2) is 47.5 Å². The fourth-order valence-corrected chi connectivity index (χ4v) is 3.04. The molecule has 1 aromatic heterocycles. The molecule has 0 aliphatic carbocycles. The summed E-state index contributed by atoms with van der Waals surface area (Å²) < 4.78 is 1.38. The Labute approximate surface area is 146 Å². The molecular weight excluding hydrogens is 318 g/mol. The van der Waals surface area contributed by atoms with Gasteiger partial charge in [0.25, 0.3) is 5.56 Å². The lowest BCUT2D eigenvalue weighted by atomic mass is 10.1. The topological polar surface area (TPSA) is 79.3 Å². The number of hydrogen-bond acceptors (Lipinski definition) is 4. The first-order valence-corrected chi connectivity index (χ1v) is 8.44. The summed E-state index contributed by atoms with van der Waals surface area (Å²) in [4.78, 5) is 30.1. The lowest BCUT2D eigenvalue weighted by molar-refractivity contribution is 0.249. The molecule has 3 rings (SSSR count). The minimum atomic E-state index is -0.391. The van der Waals surface area contributed by atoms with E-state index in [9.17, 15) is 9.59 Å². The molecule has 0 spiro atoms. The van der Waals surface area contributed by atoms with Gasteiger partial charge in [0.1, 0.15) is 0 Å². The van der Waals surface area contributed by atoms with Gasteiger partial charge in [-0.1, -0.05) is 30.3 Å². The SMILES string of the molecule is Cn1ccnc(NC(=O)NC[C@H]2CCN(Cc3ccccc3)C2)c1=O. The van der Waals surface area contributed by atoms with Crippen LogP contribution in [0, 0.1) is 5.92 Å². The summed E-state index contributed by atoms with van der Waals surface area (Å²) in [6, 6.07) is 10.00. The highest BCUT2D eigenvalue weighted by Gasteiger charge is 2.22. The molecule has 1 atom stereocenters. The van der Waals surface area contributed by atoms with Crippen LogP contribution in [0.3, 0.4) is 0 Å². The minimum Gasteiger partial charge on any atom is -0.337 e. The number of likely N-dealkylation sites (tertiary alicyclic amines) is 1. The Balaban J connectivity index is 1.44. The molecule has 0 bridgehead atoms. The summed E-state index contributed by atoms with van der Waals surface area (Å²) in [5.74, 6) is 0.459. The monoisotopic (exact) mass is 341 g/mol. The molecule has 7 heteroatoms. The first kappa shape index (κ1) is 17.2. The van der Waals surface area contributed by atoms with Gasteiger partial charge in [-0.25, -0.2) is 9.78 Å². The van der Waals surface area contributed by atoms with Crippen LogP contribution in [-0.4, -0.2) is 40.1 Å². The van der Waals surface area contributed by atoms with E-state index in [1.807, 2.05) is 6.07 Å². The number of nitrogens with zero attached hydrogens (tertiary/aromatic N) is 3. The number of aryl methyl sites for hydroxylation is 1. The number of anilines is 1. The maximum absolute atomic E-state index is 12.0. The average molecular weight is 341 g/mol. The zero-order chi connectivity index (χ0) is 17.6.